The van der Waals surface area contributed by atoms with Crippen molar-refractivity contribution in [2.24, 2.45) is 0 Å². The monoisotopic (exact) mass is 278 g/mol. The number of anilines is 1. The zero-order valence-electron chi connectivity index (χ0n) is 11.5. The van der Waals surface area contributed by atoms with Gasteiger partial charge in [0.2, 0.25) is 0 Å². The van der Waals surface area contributed by atoms with Gasteiger partial charge < -0.3 is 10.1 Å². The summed E-state index contributed by atoms with van der Waals surface area (Å²) in [6, 6.07) is 16.5. The Morgan fingerprint density at radius 3 is 2.81 bits per heavy atom. The molecule has 0 bridgehead atoms. The molecule has 0 aliphatic heterocycles. The zero-order chi connectivity index (χ0) is 14.7. The summed E-state index contributed by atoms with van der Waals surface area (Å²) in [6.45, 7) is 0. The van der Waals surface area contributed by atoms with Gasteiger partial charge in [0.1, 0.15) is 5.75 Å². The third-order valence-electron chi connectivity index (χ3n) is 3.22. The number of hydrogen-bond donors (Lipinski definition) is 1. The SMILES string of the molecule is COc1cccc(NC(=O)c2cccc3ncccc23)c1. The number of aromatic nitrogens is 1. The lowest BCUT2D eigenvalue weighted by Crippen LogP contribution is -2.12. The van der Waals surface area contributed by atoms with Crippen LogP contribution in [0.4, 0.5) is 5.69 Å². The number of ether oxygens (including phenoxy) is 1. The molecule has 0 radical (unpaired) electrons. The van der Waals surface area contributed by atoms with Crippen molar-refractivity contribution in [3.8, 4) is 5.75 Å². The molecular formula is C17H14N2O2. The summed E-state index contributed by atoms with van der Waals surface area (Å²) in [6.07, 6.45) is 1.71. The molecule has 0 fully saturated rings. The molecule has 0 aliphatic rings. The smallest absolute Gasteiger partial charge is 0.256 e. The highest BCUT2D eigenvalue weighted by Gasteiger charge is 2.10. The van der Waals surface area contributed by atoms with Gasteiger partial charge in [0.25, 0.3) is 5.91 Å². The van der Waals surface area contributed by atoms with Gasteiger partial charge in [-0.2, -0.15) is 0 Å². The molecule has 4 heteroatoms. The van der Waals surface area contributed by atoms with E-state index in [1.807, 2.05) is 42.5 Å². The molecule has 2 aromatic carbocycles. The van der Waals surface area contributed by atoms with Gasteiger partial charge in [0.05, 0.1) is 12.6 Å². The number of amides is 1. The van der Waals surface area contributed by atoms with Crippen LogP contribution >= 0.6 is 0 Å². The van der Waals surface area contributed by atoms with E-state index in [9.17, 15) is 4.79 Å². The quantitative estimate of drug-likeness (QED) is 0.797. The van der Waals surface area contributed by atoms with Crippen LogP contribution in [0.3, 0.4) is 0 Å². The van der Waals surface area contributed by atoms with E-state index < -0.39 is 0 Å². The predicted molar refractivity (Wildman–Crippen MR) is 82.7 cm³/mol. The van der Waals surface area contributed by atoms with Crippen molar-refractivity contribution in [2.45, 2.75) is 0 Å². The van der Waals surface area contributed by atoms with Gasteiger partial charge in [-0.1, -0.05) is 18.2 Å². The molecule has 1 amide bonds. The Morgan fingerprint density at radius 2 is 1.95 bits per heavy atom. The number of carbonyl (C=O) groups excluding carboxylic acids is 1. The van der Waals surface area contributed by atoms with E-state index in [0.717, 1.165) is 10.9 Å². The molecule has 1 heterocycles. The van der Waals surface area contributed by atoms with E-state index in [1.165, 1.54) is 0 Å². The fourth-order valence-electron chi connectivity index (χ4n) is 2.20. The van der Waals surface area contributed by atoms with Crippen molar-refractivity contribution in [3.05, 3.63) is 66.4 Å². The van der Waals surface area contributed by atoms with E-state index in [1.54, 1.807) is 25.4 Å². The fraction of sp³-hybridized carbons (Fsp3) is 0.0588. The molecule has 3 aromatic rings. The first-order valence-corrected chi connectivity index (χ1v) is 6.57. The van der Waals surface area contributed by atoms with Gasteiger partial charge in [0, 0.05) is 28.9 Å². The summed E-state index contributed by atoms with van der Waals surface area (Å²) in [7, 11) is 1.59. The van der Waals surface area contributed by atoms with Gasteiger partial charge in [-0.15, -0.1) is 0 Å². The Morgan fingerprint density at radius 1 is 1.10 bits per heavy atom. The Kier molecular flexibility index (Phi) is 3.51. The van der Waals surface area contributed by atoms with E-state index in [-0.39, 0.29) is 5.91 Å². The molecule has 1 N–H and O–H groups in total. The van der Waals surface area contributed by atoms with Crippen LogP contribution in [0.15, 0.2) is 60.8 Å². The summed E-state index contributed by atoms with van der Waals surface area (Å²) >= 11 is 0. The first kappa shape index (κ1) is 13.1. The maximum absolute atomic E-state index is 12.4. The third kappa shape index (κ3) is 2.69. The number of benzene rings is 2. The maximum atomic E-state index is 12.4. The summed E-state index contributed by atoms with van der Waals surface area (Å²) in [5.41, 5.74) is 2.10. The molecule has 0 saturated heterocycles. The van der Waals surface area contributed by atoms with Gasteiger partial charge in [0.15, 0.2) is 0 Å². The molecular weight excluding hydrogens is 264 g/mol. The van der Waals surface area contributed by atoms with Crippen LogP contribution in [0.2, 0.25) is 0 Å². The second-order valence-corrected chi connectivity index (χ2v) is 4.56. The number of hydrogen-bond acceptors (Lipinski definition) is 3. The van der Waals surface area contributed by atoms with Crippen LogP contribution in [-0.2, 0) is 0 Å². The number of carbonyl (C=O) groups is 1. The highest BCUT2D eigenvalue weighted by Crippen LogP contribution is 2.20. The van der Waals surface area contributed by atoms with E-state index in [0.29, 0.717) is 17.0 Å². The molecule has 0 saturated carbocycles. The van der Waals surface area contributed by atoms with Gasteiger partial charge in [-0.05, 0) is 30.3 Å². The van der Waals surface area contributed by atoms with Crippen LogP contribution < -0.4 is 10.1 Å². The van der Waals surface area contributed by atoms with Crippen molar-refractivity contribution >= 4 is 22.5 Å². The van der Waals surface area contributed by atoms with Crippen LogP contribution in [0.1, 0.15) is 10.4 Å². The molecule has 0 atom stereocenters. The van der Waals surface area contributed by atoms with Crippen LogP contribution in [-0.4, -0.2) is 18.0 Å². The second kappa shape index (κ2) is 5.63. The predicted octanol–water partition coefficient (Wildman–Crippen LogP) is 3.50. The lowest BCUT2D eigenvalue weighted by atomic mass is 10.1. The molecule has 0 spiro atoms. The van der Waals surface area contributed by atoms with Crippen LogP contribution in [0.5, 0.6) is 5.75 Å². The first-order chi connectivity index (χ1) is 10.3. The second-order valence-electron chi connectivity index (χ2n) is 4.56. The molecule has 21 heavy (non-hydrogen) atoms. The van der Waals surface area contributed by atoms with Crippen molar-refractivity contribution in [1.82, 2.24) is 4.98 Å². The largest absolute Gasteiger partial charge is 0.497 e. The lowest BCUT2D eigenvalue weighted by molar-refractivity contribution is 0.102. The normalized spacial score (nSPS) is 10.3. The number of methoxy groups -OCH3 is 1. The van der Waals surface area contributed by atoms with Crippen molar-refractivity contribution in [1.29, 1.82) is 0 Å². The highest BCUT2D eigenvalue weighted by atomic mass is 16.5. The Hall–Kier alpha value is -2.88. The van der Waals surface area contributed by atoms with Gasteiger partial charge in [-0.25, -0.2) is 0 Å². The molecule has 4 nitrogen and oxygen atoms in total. The van der Waals surface area contributed by atoms with Gasteiger partial charge >= 0.3 is 0 Å². The Bertz CT molecular complexity index is 794. The summed E-state index contributed by atoms with van der Waals surface area (Å²) in [5.74, 6) is 0.536. The topological polar surface area (TPSA) is 51.2 Å². The number of nitrogens with zero attached hydrogens (tertiary/aromatic N) is 1. The van der Waals surface area contributed by atoms with Crippen molar-refractivity contribution in [3.63, 3.8) is 0 Å². The number of fused-ring (bicyclic) bond motifs is 1. The van der Waals surface area contributed by atoms with Crippen LogP contribution in [0.25, 0.3) is 10.9 Å². The lowest BCUT2D eigenvalue weighted by Gasteiger charge is -2.08. The molecule has 0 aliphatic carbocycles. The molecule has 1 aromatic heterocycles. The van der Waals surface area contributed by atoms with Crippen molar-refractivity contribution < 1.29 is 9.53 Å². The maximum Gasteiger partial charge on any atom is 0.256 e. The molecule has 0 unspecified atom stereocenters. The number of rotatable bonds is 3. The minimum absolute atomic E-state index is 0.165. The zero-order valence-corrected chi connectivity index (χ0v) is 11.5. The average molecular weight is 278 g/mol. The summed E-state index contributed by atoms with van der Waals surface area (Å²) < 4.78 is 5.15. The summed E-state index contributed by atoms with van der Waals surface area (Å²) in [5, 5.41) is 3.71. The average Bonchev–Trinajstić information content (AvgIpc) is 2.54. The Balaban J connectivity index is 1.93. The highest BCUT2D eigenvalue weighted by molar-refractivity contribution is 6.12. The Labute approximate surface area is 122 Å². The molecule has 104 valence electrons. The van der Waals surface area contributed by atoms with E-state index >= 15 is 0 Å². The minimum atomic E-state index is -0.165. The van der Waals surface area contributed by atoms with Crippen molar-refractivity contribution in [2.75, 3.05) is 12.4 Å². The van der Waals surface area contributed by atoms with E-state index in [4.69, 9.17) is 4.74 Å². The van der Waals surface area contributed by atoms with Gasteiger partial charge in [-0.3, -0.25) is 9.78 Å². The van der Waals surface area contributed by atoms with E-state index in [2.05, 4.69) is 10.3 Å². The fourth-order valence-corrected chi connectivity index (χ4v) is 2.20. The number of pyridine rings is 1. The molecule has 3 rings (SSSR count). The minimum Gasteiger partial charge on any atom is -0.497 e. The summed E-state index contributed by atoms with van der Waals surface area (Å²) in [4.78, 5) is 16.7. The standard InChI is InChI=1S/C17H14N2O2/c1-21-13-6-2-5-12(11-13)19-17(20)15-7-3-9-16-14(15)8-4-10-18-16/h2-11H,1H3,(H,19,20). The first-order valence-electron chi connectivity index (χ1n) is 6.57. The third-order valence-corrected chi connectivity index (χ3v) is 3.22. The number of nitrogens with one attached hydrogen (secondary N) is 1. The van der Waals surface area contributed by atoms with Crippen LogP contribution in [0, 0.1) is 0 Å².